The number of aryl methyl sites for hydroxylation is 1. The van der Waals surface area contributed by atoms with Gasteiger partial charge in [-0.1, -0.05) is 5.21 Å². The van der Waals surface area contributed by atoms with Gasteiger partial charge in [0.15, 0.2) is 4.60 Å². The number of amides is 1. The quantitative estimate of drug-likeness (QED) is 0.750. The lowest BCUT2D eigenvalue weighted by atomic mass is 9.67. The maximum Gasteiger partial charge on any atom is 0.233 e. The summed E-state index contributed by atoms with van der Waals surface area (Å²) in [6, 6.07) is 7.73. The van der Waals surface area contributed by atoms with Crippen LogP contribution in [0, 0.1) is 5.41 Å². The maximum absolute atomic E-state index is 13.4. The third-order valence-corrected chi connectivity index (χ3v) is 6.83. The number of rotatable bonds is 4. The average molecular weight is 463 g/mol. The lowest BCUT2D eigenvalue weighted by Gasteiger charge is -2.40. The second-order valence-corrected chi connectivity index (χ2v) is 9.28. The predicted molar refractivity (Wildman–Crippen MR) is 113 cm³/mol. The van der Waals surface area contributed by atoms with Crippen LogP contribution in [0.1, 0.15) is 51.6 Å². The lowest BCUT2D eigenvalue weighted by Crippen LogP contribution is -2.43. The molecule has 1 aromatic carbocycles. The zero-order chi connectivity index (χ0) is 20.8. The minimum absolute atomic E-state index is 0.119. The molecule has 0 bridgehead atoms. The summed E-state index contributed by atoms with van der Waals surface area (Å²) in [4.78, 5) is 15.2. The number of hydrogen-bond acceptors (Lipinski definition) is 5. The third-order valence-electron chi connectivity index (χ3n) is 6.29. The van der Waals surface area contributed by atoms with Crippen LogP contribution in [0.3, 0.4) is 0 Å². The van der Waals surface area contributed by atoms with Crippen LogP contribution in [0.25, 0.3) is 0 Å². The van der Waals surface area contributed by atoms with Crippen LogP contribution in [0.4, 0.5) is 5.69 Å². The van der Waals surface area contributed by atoms with Gasteiger partial charge in [0.1, 0.15) is 17.0 Å². The molecular formula is C21H27BrN4O3. The maximum atomic E-state index is 13.4. The van der Waals surface area contributed by atoms with Crippen molar-refractivity contribution in [1.29, 1.82) is 0 Å². The summed E-state index contributed by atoms with van der Waals surface area (Å²) in [5.74, 6) is 0.975. The van der Waals surface area contributed by atoms with Gasteiger partial charge in [-0.15, -0.1) is 5.10 Å². The monoisotopic (exact) mass is 462 g/mol. The summed E-state index contributed by atoms with van der Waals surface area (Å²) in [6.07, 6.45) is 3.29. The van der Waals surface area contributed by atoms with Gasteiger partial charge < -0.3 is 14.7 Å². The number of aromatic nitrogens is 3. The smallest absolute Gasteiger partial charge is 0.233 e. The number of carbonyl (C=O) groups is 1. The molecular weight excluding hydrogens is 436 g/mol. The second-order valence-electron chi connectivity index (χ2n) is 8.53. The van der Waals surface area contributed by atoms with E-state index in [9.17, 15) is 9.90 Å². The first kappa shape index (κ1) is 20.3. The Morgan fingerprint density at radius 1 is 1.14 bits per heavy atom. The normalized spacial score (nSPS) is 27.2. The second kappa shape index (κ2) is 7.40. The lowest BCUT2D eigenvalue weighted by molar-refractivity contribution is -0.131. The van der Waals surface area contributed by atoms with E-state index in [1.165, 1.54) is 0 Å². The summed E-state index contributed by atoms with van der Waals surface area (Å²) in [5, 5.41) is 19.2. The largest absolute Gasteiger partial charge is 0.491 e. The third kappa shape index (κ3) is 3.57. The molecule has 1 spiro atoms. The molecule has 2 aliphatic rings. The van der Waals surface area contributed by atoms with E-state index in [0.717, 1.165) is 17.9 Å². The van der Waals surface area contributed by atoms with Crippen molar-refractivity contribution < 1.29 is 14.6 Å². The molecule has 0 atom stereocenters. The predicted octanol–water partition coefficient (Wildman–Crippen LogP) is 3.55. The summed E-state index contributed by atoms with van der Waals surface area (Å²) in [7, 11) is 1.78. The van der Waals surface area contributed by atoms with Gasteiger partial charge in [0.25, 0.3) is 0 Å². The summed E-state index contributed by atoms with van der Waals surface area (Å²) >= 11 is 3.40. The molecule has 1 amide bonds. The standard InChI is InChI=1S/C21H27BrN4O3/c1-14(2)29-16-6-4-15(5-7-16)26-13-12-20(19(26)27)8-10-21(28,11-9-20)17-18(22)23-24-25(17)3/h4-7,14,28H,8-13H2,1-3H3/t20-,21+. The van der Waals surface area contributed by atoms with Crippen LogP contribution in [0.2, 0.25) is 0 Å². The summed E-state index contributed by atoms with van der Waals surface area (Å²) < 4.78 is 7.89. The highest BCUT2D eigenvalue weighted by atomic mass is 79.9. The van der Waals surface area contributed by atoms with E-state index >= 15 is 0 Å². The Bertz CT molecular complexity index is 882. The van der Waals surface area contributed by atoms with Crippen LogP contribution in [0.5, 0.6) is 5.75 Å². The van der Waals surface area contributed by atoms with Gasteiger partial charge in [-0.25, -0.2) is 4.68 Å². The number of benzene rings is 1. The van der Waals surface area contributed by atoms with Gasteiger partial charge in [0.2, 0.25) is 5.91 Å². The number of nitrogens with zero attached hydrogens (tertiary/aromatic N) is 4. The van der Waals surface area contributed by atoms with Crippen LogP contribution < -0.4 is 9.64 Å². The summed E-state index contributed by atoms with van der Waals surface area (Å²) in [6.45, 7) is 4.69. The molecule has 2 heterocycles. The molecule has 0 radical (unpaired) electrons. The molecule has 1 aliphatic heterocycles. The number of ether oxygens (including phenoxy) is 1. The highest BCUT2D eigenvalue weighted by Gasteiger charge is 2.53. The van der Waals surface area contributed by atoms with Crippen molar-refractivity contribution in [2.45, 2.75) is 57.7 Å². The molecule has 0 unspecified atom stereocenters. The minimum Gasteiger partial charge on any atom is -0.491 e. The van der Waals surface area contributed by atoms with Gasteiger partial charge in [0, 0.05) is 19.3 Å². The van der Waals surface area contributed by atoms with E-state index in [0.29, 0.717) is 42.5 Å². The fourth-order valence-corrected chi connectivity index (χ4v) is 5.41. The molecule has 156 valence electrons. The molecule has 1 N–H and O–H groups in total. The molecule has 4 rings (SSSR count). The van der Waals surface area contributed by atoms with Gasteiger partial charge in [-0.2, -0.15) is 0 Å². The van der Waals surface area contributed by atoms with E-state index in [-0.39, 0.29) is 12.0 Å². The SMILES string of the molecule is CC(C)Oc1ccc(N2CC[C@]3(CC[C@@](O)(c4c(Br)nnn4C)CC3)C2=O)cc1. The van der Waals surface area contributed by atoms with Crippen LogP contribution in [-0.4, -0.2) is 38.7 Å². The zero-order valence-corrected chi connectivity index (χ0v) is 18.6. The van der Waals surface area contributed by atoms with Crippen molar-refractivity contribution in [3.63, 3.8) is 0 Å². The van der Waals surface area contributed by atoms with E-state index in [1.807, 2.05) is 43.0 Å². The first-order valence-corrected chi connectivity index (χ1v) is 10.9. The van der Waals surface area contributed by atoms with Crippen LogP contribution >= 0.6 is 15.9 Å². The van der Waals surface area contributed by atoms with Gasteiger partial charge in [0.05, 0.1) is 11.5 Å². The fraction of sp³-hybridized carbons (Fsp3) is 0.571. The Morgan fingerprint density at radius 3 is 2.34 bits per heavy atom. The molecule has 29 heavy (non-hydrogen) atoms. The Morgan fingerprint density at radius 2 is 1.79 bits per heavy atom. The van der Waals surface area contributed by atoms with Crippen molar-refractivity contribution >= 4 is 27.5 Å². The van der Waals surface area contributed by atoms with E-state index in [2.05, 4.69) is 26.2 Å². The van der Waals surface area contributed by atoms with Crippen molar-refractivity contribution in [3.05, 3.63) is 34.6 Å². The molecule has 1 saturated heterocycles. The van der Waals surface area contributed by atoms with Gasteiger partial charge >= 0.3 is 0 Å². The first-order valence-electron chi connectivity index (χ1n) is 10.1. The van der Waals surface area contributed by atoms with Crippen molar-refractivity contribution in [2.75, 3.05) is 11.4 Å². The Balaban J connectivity index is 1.48. The van der Waals surface area contributed by atoms with Crippen molar-refractivity contribution in [1.82, 2.24) is 15.0 Å². The molecule has 2 fully saturated rings. The molecule has 1 saturated carbocycles. The number of aliphatic hydroxyl groups is 1. The molecule has 7 nitrogen and oxygen atoms in total. The number of halogens is 1. The molecule has 2 aromatic rings. The van der Waals surface area contributed by atoms with Crippen molar-refractivity contribution in [2.24, 2.45) is 12.5 Å². The fourth-order valence-electron chi connectivity index (χ4n) is 4.71. The first-order chi connectivity index (χ1) is 13.7. The number of carbonyl (C=O) groups excluding carboxylic acids is 1. The van der Waals surface area contributed by atoms with Gasteiger partial charge in [-0.05, 0) is 86.1 Å². The van der Waals surface area contributed by atoms with E-state index in [1.54, 1.807) is 11.7 Å². The van der Waals surface area contributed by atoms with Crippen LogP contribution in [0.15, 0.2) is 28.9 Å². The zero-order valence-electron chi connectivity index (χ0n) is 17.1. The highest BCUT2D eigenvalue weighted by Crippen LogP contribution is 2.51. The van der Waals surface area contributed by atoms with E-state index < -0.39 is 11.0 Å². The van der Waals surface area contributed by atoms with Crippen molar-refractivity contribution in [3.8, 4) is 5.75 Å². The molecule has 1 aliphatic carbocycles. The number of hydrogen-bond donors (Lipinski definition) is 1. The Hall–Kier alpha value is -1.93. The summed E-state index contributed by atoms with van der Waals surface area (Å²) in [5.41, 5.74) is 0.196. The Kier molecular flexibility index (Phi) is 5.19. The molecule has 8 heteroatoms. The number of anilines is 1. The minimum atomic E-state index is -1.01. The topological polar surface area (TPSA) is 80.5 Å². The average Bonchev–Trinajstić information content (AvgIpc) is 3.19. The highest BCUT2D eigenvalue weighted by molar-refractivity contribution is 9.10. The molecule has 1 aromatic heterocycles. The Labute approximate surface area is 179 Å². The van der Waals surface area contributed by atoms with Gasteiger partial charge in [-0.3, -0.25) is 4.79 Å². The van der Waals surface area contributed by atoms with E-state index in [4.69, 9.17) is 4.74 Å². The van der Waals surface area contributed by atoms with Crippen LogP contribution in [-0.2, 0) is 17.4 Å².